The molecule has 0 heterocycles. The zero-order chi connectivity index (χ0) is 14.5. The standard InChI is InChI=1S/C16H17F2NO/c1-11(12-5-7-14(17)8-6-12)19-10-16(20)13-3-2-4-15(18)9-13/h2-9,11,16,19-20H,10H2,1H3/t11-,16?/m0/s1. The largest absolute Gasteiger partial charge is 0.387 e. The highest BCUT2D eigenvalue weighted by atomic mass is 19.1. The molecule has 0 fully saturated rings. The summed E-state index contributed by atoms with van der Waals surface area (Å²) in [6.07, 6.45) is -0.784. The predicted molar refractivity (Wildman–Crippen MR) is 74.2 cm³/mol. The average Bonchev–Trinajstić information content (AvgIpc) is 2.45. The fourth-order valence-corrected chi connectivity index (χ4v) is 1.99. The van der Waals surface area contributed by atoms with Crippen molar-refractivity contribution < 1.29 is 13.9 Å². The smallest absolute Gasteiger partial charge is 0.123 e. The van der Waals surface area contributed by atoms with Gasteiger partial charge in [-0.1, -0.05) is 24.3 Å². The molecule has 2 rings (SSSR count). The summed E-state index contributed by atoms with van der Waals surface area (Å²) in [6, 6.07) is 12.1. The van der Waals surface area contributed by atoms with Crippen LogP contribution in [-0.4, -0.2) is 11.7 Å². The van der Waals surface area contributed by atoms with Gasteiger partial charge in [-0.05, 0) is 42.3 Å². The summed E-state index contributed by atoms with van der Waals surface area (Å²) in [4.78, 5) is 0. The van der Waals surface area contributed by atoms with Crippen molar-refractivity contribution in [2.75, 3.05) is 6.54 Å². The molecule has 1 unspecified atom stereocenters. The van der Waals surface area contributed by atoms with Crippen LogP contribution in [0.5, 0.6) is 0 Å². The fourth-order valence-electron chi connectivity index (χ4n) is 1.99. The van der Waals surface area contributed by atoms with Crippen LogP contribution >= 0.6 is 0 Å². The normalized spacial score (nSPS) is 14.0. The molecule has 2 aromatic carbocycles. The van der Waals surface area contributed by atoms with Crippen LogP contribution in [0.4, 0.5) is 8.78 Å². The molecule has 2 aromatic rings. The number of benzene rings is 2. The lowest BCUT2D eigenvalue weighted by atomic mass is 10.1. The second kappa shape index (κ2) is 6.59. The highest BCUT2D eigenvalue weighted by molar-refractivity contribution is 5.21. The molecule has 0 amide bonds. The van der Waals surface area contributed by atoms with Gasteiger partial charge in [0.1, 0.15) is 11.6 Å². The van der Waals surface area contributed by atoms with Crippen LogP contribution in [0, 0.1) is 11.6 Å². The zero-order valence-corrected chi connectivity index (χ0v) is 11.2. The zero-order valence-electron chi connectivity index (χ0n) is 11.2. The molecule has 0 aliphatic rings. The molecule has 0 radical (unpaired) electrons. The Hall–Kier alpha value is -1.78. The predicted octanol–water partition coefficient (Wildman–Crippen LogP) is 3.35. The number of nitrogens with one attached hydrogen (secondary N) is 1. The molecule has 0 aliphatic carbocycles. The van der Waals surface area contributed by atoms with E-state index in [0.29, 0.717) is 12.1 Å². The topological polar surface area (TPSA) is 32.3 Å². The van der Waals surface area contributed by atoms with Gasteiger partial charge in [-0.15, -0.1) is 0 Å². The van der Waals surface area contributed by atoms with E-state index in [9.17, 15) is 13.9 Å². The quantitative estimate of drug-likeness (QED) is 0.878. The van der Waals surface area contributed by atoms with E-state index in [2.05, 4.69) is 5.32 Å². The van der Waals surface area contributed by atoms with Crippen molar-refractivity contribution in [1.82, 2.24) is 5.32 Å². The molecule has 0 spiro atoms. The third-order valence-corrected chi connectivity index (χ3v) is 3.22. The van der Waals surface area contributed by atoms with Gasteiger partial charge < -0.3 is 10.4 Å². The van der Waals surface area contributed by atoms with E-state index in [1.54, 1.807) is 24.3 Å². The Balaban J connectivity index is 1.93. The van der Waals surface area contributed by atoms with E-state index in [1.165, 1.54) is 24.3 Å². The molecule has 106 valence electrons. The maximum absolute atomic E-state index is 13.1. The molecule has 2 nitrogen and oxygen atoms in total. The van der Waals surface area contributed by atoms with Gasteiger partial charge in [-0.3, -0.25) is 0 Å². The average molecular weight is 277 g/mol. The first-order valence-corrected chi connectivity index (χ1v) is 6.48. The second-order valence-corrected chi connectivity index (χ2v) is 4.75. The lowest BCUT2D eigenvalue weighted by Crippen LogP contribution is -2.24. The van der Waals surface area contributed by atoms with Crippen molar-refractivity contribution in [2.45, 2.75) is 19.1 Å². The Morgan fingerprint density at radius 1 is 1.00 bits per heavy atom. The minimum Gasteiger partial charge on any atom is -0.387 e. The Kier molecular flexibility index (Phi) is 4.82. The molecule has 2 atom stereocenters. The second-order valence-electron chi connectivity index (χ2n) is 4.75. The molecule has 0 aliphatic heterocycles. The molecule has 20 heavy (non-hydrogen) atoms. The molecule has 4 heteroatoms. The number of rotatable bonds is 5. The lowest BCUT2D eigenvalue weighted by Gasteiger charge is -2.18. The fraction of sp³-hybridized carbons (Fsp3) is 0.250. The van der Waals surface area contributed by atoms with Crippen molar-refractivity contribution in [3.05, 3.63) is 71.3 Å². The minimum absolute atomic E-state index is 0.0289. The van der Waals surface area contributed by atoms with Gasteiger partial charge in [0.15, 0.2) is 0 Å². The van der Waals surface area contributed by atoms with Gasteiger partial charge >= 0.3 is 0 Å². The van der Waals surface area contributed by atoms with Gasteiger partial charge in [-0.25, -0.2) is 8.78 Å². The highest BCUT2D eigenvalue weighted by Crippen LogP contribution is 2.16. The van der Waals surface area contributed by atoms with Crippen LogP contribution in [0.15, 0.2) is 48.5 Å². The van der Waals surface area contributed by atoms with E-state index in [0.717, 1.165) is 5.56 Å². The number of hydrogen-bond donors (Lipinski definition) is 2. The Labute approximate surface area is 117 Å². The summed E-state index contributed by atoms with van der Waals surface area (Å²) >= 11 is 0. The molecule has 0 saturated heterocycles. The highest BCUT2D eigenvalue weighted by Gasteiger charge is 2.11. The summed E-state index contributed by atoms with van der Waals surface area (Å²) in [5.74, 6) is -0.645. The first-order valence-electron chi connectivity index (χ1n) is 6.48. The van der Waals surface area contributed by atoms with Crippen LogP contribution in [0.3, 0.4) is 0 Å². The van der Waals surface area contributed by atoms with Gasteiger partial charge in [0.2, 0.25) is 0 Å². The molecule has 0 saturated carbocycles. The number of hydrogen-bond acceptors (Lipinski definition) is 2. The first-order chi connectivity index (χ1) is 9.56. The molecule has 0 aromatic heterocycles. The Morgan fingerprint density at radius 3 is 2.35 bits per heavy atom. The molecule has 2 N–H and O–H groups in total. The maximum atomic E-state index is 13.1. The maximum Gasteiger partial charge on any atom is 0.123 e. The van der Waals surface area contributed by atoms with Crippen molar-refractivity contribution in [1.29, 1.82) is 0 Å². The van der Waals surface area contributed by atoms with E-state index in [-0.39, 0.29) is 17.7 Å². The van der Waals surface area contributed by atoms with Crippen molar-refractivity contribution in [2.24, 2.45) is 0 Å². The third kappa shape index (κ3) is 3.85. The third-order valence-electron chi connectivity index (χ3n) is 3.22. The summed E-state index contributed by atoms with van der Waals surface area (Å²) < 4.78 is 25.9. The number of halogens is 2. The van der Waals surface area contributed by atoms with Gasteiger partial charge in [0, 0.05) is 12.6 Å². The van der Waals surface area contributed by atoms with Gasteiger partial charge in [0.05, 0.1) is 6.10 Å². The summed E-state index contributed by atoms with van der Waals surface area (Å²) in [5, 5.41) is 13.1. The van der Waals surface area contributed by atoms with Gasteiger partial charge in [-0.2, -0.15) is 0 Å². The Morgan fingerprint density at radius 2 is 1.70 bits per heavy atom. The molecule has 0 bridgehead atoms. The SMILES string of the molecule is C[C@H](NCC(O)c1cccc(F)c1)c1ccc(F)cc1. The van der Waals surface area contributed by atoms with Crippen LogP contribution in [-0.2, 0) is 0 Å². The van der Waals surface area contributed by atoms with E-state index in [1.807, 2.05) is 6.92 Å². The summed E-state index contributed by atoms with van der Waals surface area (Å²) in [5.41, 5.74) is 1.46. The van der Waals surface area contributed by atoms with Crippen LogP contribution in [0.1, 0.15) is 30.2 Å². The van der Waals surface area contributed by atoms with Crippen LogP contribution in [0.2, 0.25) is 0 Å². The van der Waals surface area contributed by atoms with Crippen molar-refractivity contribution in [3.63, 3.8) is 0 Å². The van der Waals surface area contributed by atoms with Crippen molar-refractivity contribution >= 4 is 0 Å². The minimum atomic E-state index is -0.784. The van der Waals surface area contributed by atoms with Crippen molar-refractivity contribution in [3.8, 4) is 0 Å². The van der Waals surface area contributed by atoms with E-state index >= 15 is 0 Å². The van der Waals surface area contributed by atoms with Gasteiger partial charge in [0.25, 0.3) is 0 Å². The Bertz CT molecular complexity index is 557. The number of aliphatic hydroxyl groups excluding tert-OH is 1. The lowest BCUT2D eigenvalue weighted by molar-refractivity contribution is 0.170. The first kappa shape index (κ1) is 14.6. The van der Waals surface area contributed by atoms with Crippen LogP contribution < -0.4 is 5.32 Å². The van der Waals surface area contributed by atoms with Crippen LogP contribution in [0.25, 0.3) is 0 Å². The molecular formula is C16H17F2NO. The van der Waals surface area contributed by atoms with E-state index in [4.69, 9.17) is 0 Å². The molecular weight excluding hydrogens is 260 g/mol. The summed E-state index contributed by atoms with van der Waals surface area (Å²) in [6.45, 7) is 2.22. The number of aliphatic hydroxyl groups is 1. The summed E-state index contributed by atoms with van der Waals surface area (Å²) in [7, 11) is 0. The monoisotopic (exact) mass is 277 g/mol. The van der Waals surface area contributed by atoms with E-state index < -0.39 is 6.10 Å².